The summed E-state index contributed by atoms with van der Waals surface area (Å²) < 4.78 is 14.3. The van der Waals surface area contributed by atoms with Crippen LogP contribution in [-0.4, -0.2) is 10.9 Å². The van der Waals surface area contributed by atoms with Crippen LogP contribution >= 0.6 is 11.3 Å². The zero-order valence-electron chi connectivity index (χ0n) is 16.4. The number of amides is 1. The molecule has 0 N–H and O–H groups in total. The molecule has 5 heteroatoms. The lowest BCUT2D eigenvalue weighted by molar-refractivity contribution is -0.118. The molecule has 3 nitrogen and oxygen atoms in total. The number of hydrogen-bond donors (Lipinski definition) is 0. The van der Waals surface area contributed by atoms with Gasteiger partial charge in [-0.25, -0.2) is 9.37 Å². The van der Waals surface area contributed by atoms with Crippen LogP contribution in [-0.2, 0) is 17.8 Å². The molecule has 1 heterocycles. The van der Waals surface area contributed by atoms with Gasteiger partial charge in [-0.15, -0.1) is 0 Å². The van der Waals surface area contributed by atoms with E-state index in [0.29, 0.717) is 11.7 Å². The van der Waals surface area contributed by atoms with Crippen molar-refractivity contribution < 1.29 is 9.18 Å². The maximum atomic E-state index is 13.2. The molecular weight excluding hydrogens is 383 g/mol. The Hall–Kier alpha value is -3.05. The molecule has 0 bridgehead atoms. The second-order valence-corrected chi connectivity index (χ2v) is 8.20. The first kappa shape index (κ1) is 19.3. The van der Waals surface area contributed by atoms with E-state index in [2.05, 4.69) is 19.1 Å². The van der Waals surface area contributed by atoms with Gasteiger partial charge in [-0.05, 0) is 54.3 Å². The van der Waals surface area contributed by atoms with Crippen molar-refractivity contribution in [2.75, 3.05) is 4.90 Å². The van der Waals surface area contributed by atoms with E-state index >= 15 is 0 Å². The van der Waals surface area contributed by atoms with E-state index in [1.54, 1.807) is 17.0 Å². The standard InChI is InChI=1S/C24H21FN2OS/c1-16-12-17(2)23-21(13-16)29-24(26-23)27(15-19-6-4-3-5-7-19)22(28)14-18-8-10-20(25)11-9-18/h3-13H,14-15H2,1-2H3. The number of nitrogens with zero attached hydrogens (tertiary/aromatic N) is 2. The molecule has 4 rings (SSSR count). The van der Waals surface area contributed by atoms with Crippen LogP contribution in [0.2, 0.25) is 0 Å². The van der Waals surface area contributed by atoms with Crippen LogP contribution in [0.5, 0.6) is 0 Å². The van der Waals surface area contributed by atoms with Crippen molar-refractivity contribution in [3.05, 3.63) is 94.8 Å². The van der Waals surface area contributed by atoms with Crippen molar-refractivity contribution in [2.24, 2.45) is 0 Å². The fourth-order valence-electron chi connectivity index (χ4n) is 3.38. The Balaban J connectivity index is 1.70. The van der Waals surface area contributed by atoms with Crippen LogP contribution in [0.3, 0.4) is 0 Å². The lowest BCUT2D eigenvalue weighted by Crippen LogP contribution is -2.31. The monoisotopic (exact) mass is 404 g/mol. The molecular formula is C24H21FN2OS. The van der Waals surface area contributed by atoms with Crippen molar-refractivity contribution in [3.8, 4) is 0 Å². The third kappa shape index (κ3) is 4.35. The number of carbonyl (C=O) groups excluding carboxylic acids is 1. The summed E-state index contributed by atoms with van der Waals surface area (Å²) in [5, 5.41) is 0.685. The highest BCUT2D eigenvalue weighted by molar-refractivity contribution is 7.22. The SMILES string of the molecule is Cc1cc(C)c2nc(N(Cc3ccccc3)C(=O)Cc3ccc(F)cc3)sc2c1. The largest absolute Gasteiger partial charge is 0.283 e. The Labute approximate surface area is 173 Å². The number of thiazole rings is 1. The number of halogens is 1. The van der Waals surface area contributed by atoms with E-state index in [4.69, 9.17) is 4.98 Å². The van der Waals surface area contributed by atoms with Gasteiger partial charge in [0.1, 0.15) is 5.82 Å². The third-order valence-corrected chi connectivity index (χ3v) is 5.83. The first-order valence-corrected chi connectivity index (χ1v) is 10.3. The van der Waals surface area contributed by atoms with Gasteiger partial charge in [-0.3, -0.25) is 9.69 Å². The summed E-state index contributed by atoms with van der Waals surface area (Å²) in [6, 6.07) is 20.2. The third-order valence-electron chi connectivity index (χ3n) is 4.80. The predicted molar refractivity (Wildman–Crippen MR) is 117 cm³/mol. The summed E-state index contributed by atoms with van der Waals surface area (Å²) in [4.78, 5) is 19.8. The summed E-state index contributed by atoms with van der Waals surface area (Å²) >= 11 is 1.53. The molecule has 0 atom stereocenters. The maximum Gasteiger partial charge on any atom is 0.233 e. The number of aromatic nitrogens is 1. The average Bonchev–Trinajstić information content (AvgIpc) is 3.12. The number of hydrogen-bond acceptors (Lipinski definition) is 3. The Bertz CT molecular complexity index is 1150. The lowest BCUT2D eigenvalue weighted by atomic mass is 10.1. The van der Waals surface area contributed by atoms with Crippen molar-refractivity contribution in [2.45, 2.75) is 26.8 Å². The highest BCUT2D eigenvalue weighted by Gasteiger charge is 2.21. The molecule has 0 fully saturated rings. The van der Waals surface area contributed by atoms with Gasteiger partial charge in [0.2, 0.25) is 5.91 Å². The molecule has 0 radical (unpaired) electrons. The molecule has 29 heavy (non-hydrogen) atoms. The van der Waals surface area contributed by atoms with E-state index in [9.17, 15) is 9.18 Å². The first-order valence-electron chi connectivity index (χ1n) is 9.46. The van der Waals surface area contributed by atoms with Gasteiger partial charge in [0, 0.05) is 0 Å². The van der Waals surface area contributed by atoms with Gasteiger partial charge in [0.05, 0.1) is 23.2 Å². The van der Waals surface area contributed by atoms with E-state index in [0.717, 1.165) is 26.9 Å². The highest BCUT2D eigenvalue weighted by Crippen LogP contribution is 2.32. The fourth-order valence-corrected chi connectivity index (χ4v) is 4.53. The molecule has 1 amide bonds. The number of rotatable bonds is 5. The van der Waals surface area contributed by atoms with Crippen LogP contribution < -0.4 is 4.90 Å². The maximum absolute atomic E-state index is 13.2. The zero-order chi connectivity index (χ0) is 20.4. The smallest absolute Gasteiger partial charge is 0.233 e. The van der Waals surface area contributed by atoms with Gasteiger partial charge >= 0.3 is 0 Å². The van der Waals surface area contributed by atoms with Crippen LogP contribution in [0.1, 0.15) is 22.3 Å². The number of aryl methyl sites for hydroxylation is 2. The first-order chi connectivity index (χ1) is 14.0. The molecule has 0 aliphatic rings. The normalized spacial score (nSPS) is 11.0. The molecule has 0 saturated heterocycles. The summed E-state index contributed by atoms with van der Waals surface area (Å²) in [6.07, 6.45) is 0.195. The van der Waals surface area contributed by atoms with Gasteiger partial charge in [-0.2, -0.15) is 0 Å². The molecule has 3 aromatic carbocycles. The van der Waals surface area contributed by atoms with E-state index < -0.39 is 0 Å². The Morgan fingerprint density at radius 3 is 2.45 bits per heavy atom. The number of carbonyl (C=O) groups is 1. The molecule has 0 spiro atoms. The van der Waals surface area contributed by atoms with Crippen molar-refractivity contribution in [3.63, 3.8) is 0 Å². The minimum Gasteiger partial charge on any atom is -0.283 e. The average molecular weight is 405 g/mol. The Kier molecular flexibility index (Phi) is 5.41. The number of benzene rings is 3. The molecule has 1 aromatic heterocycles. The summed E-state index contributed by atoms with van der Waals surface area (Å²) in [7, 11) is 0. The Morgan fingerprint density at radius 2 is 1.72 bits per heavy atom. The van der Waals surface area contributed by atoms with Crippen LogP contribution in [0.25, 0.3) is 10.2 Å². The summed E-state index contributed by atoms with van der Waals surface area (Å²) in [6.45, 7) is 4.55. The number of anilines is 1. The molecule has 0 aliphatic carbocycles. The van der Waals surface area contributed by atoms with Gasteiger partial charge < -0.3 is 0 Å². The van der Waals surface area contributed by atoms with Crippen LogP contribution in [0, 0.1) is 19.7 Å². The van der Waals surface area contributed by atoms with Crippen molar-refractivity contribution >= 4 is 32.6 Å². The minimum atomic E-state index is -0.306. The minimum absolute atomic E-state index is 0.0612. The van der Waals surface area contributed by atoms with Crippen LogP contribution in [0.15, 0.2) is 66.7 Å². The topological polar surface area (TPSA) is 33.2 Å². The van der Waals surface area contributed by atoms with Gasteiger partial charge in [0.25, 0.3) is 0 Å². The predicted octanol–water partition coefficient (Wildman–Crippen LogP) is 5.83. The second kappa shape index (κ2) is 8.13. The summed E-state index contributed by atoms with van der Waals surface area (Å²) in [5.41, 5.74) is 5.03. The molecule has 0 aliphatic heterocycles. The van der Waals surface area contributed by atoms with Crippen LogP contribution in [0.4, 0.5) is 9.52 Å². The molecule has 4 aromatic rings. The second-order valence-electron chi connectivity index (χ2n) is 7.19. The quantitative estimate of drug-likeness (QED) is 0.419. The fraction of sp³-hybridized carbons (Fsp3) is 0.167. The molecule has 0 saturated carbocycles. The lowest BCUT2D eigenvalue weighted by Gasteiger charge is -2.20. The van der Waals surface area contributed by atoms with Gasteiger partial charge in [-0.1, -0.05) is 59.9 Å². The van der Waals surface area contributed by atoms with Gasteiger partial charge in [0.15, 0.2) is 5.13 Å². The molecule has 0 unspecified atom stereocenters. The van der Waals surface area contributed by atoms with E-state index in [-0.39, 0.29) is 18.1 Å². The van der Waals surface area contributed by atoms with Crippen molar-refractivity contribution in [1.82, 2.24) is 4.98 Å². The highest BCUT2D eigenvalue weighted by atomic mass is 32.1. The van der Waals surface area contributed by atoms with E-state index in [1.807, 2.05) is 37.3 Å². The Morgan fingerprint density at radius 1 is 1.00 bits per heavy atom. The molecule has 146 valence electrons. The zero-order valence-corrected chi connectivity index (χ0v) is 17.2. The number of fused-ring (bicyclic) bond motifs is 1. The summed E-state index contributed by atoms with van der Waals surface area (Å²) in [5.74, 6) is -0.367. The van der Waals surface area contributed by atoms with Crippen molar-refractivity contribution in [1.29, 1.82) is 0 Å². The van der Waals surface area contributed by atoms with E-state index in [1.165, 1.54) is 29.0 Å².